The molecule has 0 saturated carbocycles. The van der Waals surface area contributed by atoms with E-state index in [-0.39, 0.29) is 23.0 Å². The zero-order valence-corrected chi connectivity index (χ0v) is 25.0. The Morgan fingerprint density at radius 1 is 0.872 bits per heavy atom. The number of benzene rings is 2. The van der Waals surface area contributed by atoms with Crippen LogP contribution in [0.25, 0.3) is 11.0 Å². The molecule has 3 heterocycles. The van der Waals surface area contributed by atoms with Crippen molar-refractivity contribution < 1.29 is 0 Å². The summed E-state index contributed by atoms with van der Waals surface area (Å²) in [6.07, 6.45) is 5.32. The number of hydrogen-bond donors (Lipinski definition) is 2. The van der Waals surface area contributed by atoms with E-state index in [4.69, 9.17) is 9.97 Å². The molecule has 2 aromatic carbocycles. The molecule has 39 heavy (non-hydrogen) atoms. The molecule has 0 bridgehead atoms. The van der Waals surface area contributed by atoms with Crippen molar-refractivity contribution in [2.45, 2.75) is 51.5 Å². The number of H-pyrrole nitrogens is 1. The second-order valence-corrected chi connectivity index (χ2v) is 10.7. The van der Waals surface area contributed by atoms with E-state index < -0.39 is 0 Å². The maximum atomic E-state index is 4.89. The largest absolute Gasteiger partial charge is 0.341 e. The fraction of sp³-hybridized carbons (Fsp3) is 0.258. The summed E-state index contributed by atoms with van der Waals surface area (Å²) >= 11 is 3.44. The van der Waals surface area contributed by atoms with Crippen molar-refractivity contribution in [1.29, 1.82) is 0 Å². The SMILES string of the molecule is Br.Brc1cccc(CNCc2ccc(CN(Cc3nc4ccccc4[nH]3)C3CCCc4cccnc43)cc2)n1. The third kappa shape index (κ3) is 6.81. The maximum Gasteiger partial charge on any atom is 0.121 e. The summed E-state index contributed by atoms with van der Waals surface area (Å²) in [6, 6.07) is 27.8. The molecule has 0 spiro atoms. The molecule has 200 valence electrons. The van der Waals surface area contributed by atoms with E-state index in [0.29, 0.717) is 0 Å². The Hall–Kier alpha value is -2.91. The number of aryl methyl sites for hydroxylation is 1. The van der Waals surface area contributed by atoms with Gasteiger partial charge in [-0.05, 0) is 82.2 Å². The Balaban J connectivity index is 0.00000308. The van der Waals surface area contributed by atoms with E-state index in [2.05, 4.69) is 90.7 Å². The molecule has 1 aliphatic carbocycles. The predicted octanol–water partition coefficient (Wildman–Crippen LogP) is 7.06. The molecule has 0 fully saturated rings. The zero-order valence-electron chi connectivity index (χ0n) is 21.7. The van der Waals surface area contributed by atoms with Crippen LogP contribution in [0.5, 0.6) is 0 Å². The smallest absolute Gasteiger partial charge is 0.121 e. The van der Waals surface area contributed by atoms with Crippen molar-refractivity contribution in [3.05, 3.63) is 124 Å². The molecule has 6 rings (SSSR count). The Labute approximate surface area is 248 Å². The summed E-state index contributed by atoms with van der Waals surface area (Å²) in [4.78, 5) is 20.3. The average molecular weight is 648 g/mol. The van der Waals surface area contributed by atoms with Gasteiger partial charge in [0, 0.05) is 25.8 Å². The Bertz CT molecular complexity index is 1480. The number of aromatic amines is 1. The molecule has 0 aliphatic heterocycles. The molecular weight excluding hydrogens is 616 g/mol. The van der Waals surface area contributed by atoms with Crippen molar-refractivity contribution in [2.75, 3.05) is 0 Å². The normalized spacial score (nSPS) is 14.8. The van der Waals surface area contributed by atoms with E-state index in [1.54, 1.807) is 0 Å². The van der Waals surface area contributed by atoms with Crippen LogP contribution >= 0.6 is 32.9 Å². The van der Waals surface area contributed by atoms with Crippen molar-refractivity contribution in [3.8, 4) is 0 Å². The number of rotatable bonds is 9. The summed E-state index contributed by atoms with van der Waals surface area (Å²) in [5.74, 6) is 0.997. The minimum atomic E-state index is 0. The number of nitrogens with one attached hydrogen (secondary N) is 2. The fourth-order valence-electron chi connectivity index (χ4n) is 5.37. The minimum absolute atomic E-state index is 0. The summed E-state index contributed by atoms with van der Waals surface area (Å²) in [5, 5.41) is 3.50. The van der Waals surface area contributed by atoms with Crippen LogP contribution in [0.3, 0.4) is 0 Å². The molecule has 6 nitrogen and oxygen atoms in total. The van der Waals surface area contributed by atoms with E-state index in [9.17, 15) is 0 Å². The summed E-state index contributed by atoms with van der Waals surface area (Å²) < 4.78 is 0.865. The van der Waals surface area contributed by atoms with Gasteiger partial charge in [-0.3, -0.25) is 9.88 Å². The molecule has 2 N–H and O–H groups in total. The third-order valence-electron chi connectivity index (χ3n) is 7.21. The van der Waals surface area contributed by atoms with E-state index in [1.165, 1.54) is 28.8 Å². The van der Waals surface area contributed by atoms with Crippen LogP contribution in [0.2, 0.25) is 0 Å². The topological polar surface area (TPSA) is 69.7 Å². The standard InChI is InChI=1S/C31H31BrN6.BrH/c32-29-12-4-8-25(35-29)19-33-18-22-13-15-23(16-14-22)20-38(21-30-36-26-9-1-2-10-27(26)37-30)28-11-3-6-24-7-5-17-34-31(24)28;/h1-2,4-5,7-10,12-17,28,33H,3,6,11,18-21H2,(H,36,37);1H. The molecule has 1 aliphatic rings. The highest BCUT2D eigenvalue weighted by atomic mass is 79.9. The number of pyridine rings is 2. The molecule has 0 radical (unpaired) electrons. The molecule has 0 saturated heterocycles. The number of fused-ring (bicyclic) bond motifs is 2. The van der Waals surface area contributed by atoms with Crippen molar-refractivity contribution in [3.63, 3.8) is 0 Å². The Morgan fingerprint density at radius 3 is 2.56 bits per heavy atom. The Kier molecular flexibility index (Phi) is 9.19. The highest BCUT2D eigenvalue weighted by Gasteiger charge is 2.28. The molecule has 0 amide bonds. The van der Waals surface area contributed by atoms with Crippen LogP contribution in [-0.2, 0) is 32.6 Å². The lowest BCUT2D eigenvalue weighted by Gasteiger charge is -2.34. The third-order valence-corrected chi connectivity index (χ3v) is 7.66. The first kappa shape index (κ1) is 27.6. The lowest BCUT2D eigenvalue weighted by Crippen LogP contribution is -2.31. The minimum Gasteiger partial charge on any atom is -0.341 e. The maximum absolute atomic E-state index is 4.89. The molecule has 8 heteroatoms. The predicted molar refractivity (Wildman–Crippen MR) is 165 cm³/mol. The highest BCUT2D eigenvalue weighted by molar-refractivity contribution is 9.10. The van der Waals surface area contributed by atoms with Crippen LogP contribution in [0, 0.1) is 0 Å². The van der Waals surface area contributed by atoms with Crippen LogP contribution in [0.4, 0.5) is 0 Å². The van der Waals surface area contributed by atoms with Gasteiger partial charge in [-0.2, -0.15) is 0 Å². The van der Waals surface area contributed by atoms with Crippen LogP contribution in [0.15, 0.2) is 89.7 Å². The van der Waals surface area contributed by atoms with Crippen LogP contribution in [0.1, 0.15) is 52.8 Å². The van der Waals surface area contributed by atoms with Gasteiger partial charge < -0.3 is 10.3 Å². The van der Waals surface area contributed by atoms with Crippen LogP contribution in [-0.4, -0.2) is 24.8 Å². The van der Waals surface area contributed by atoms with Gasteiger partial charge in [0.15, 0.2) is 0 Å². The second kappa shape index (κ2) is 13.0. The number of aromatic nitrogens is 4. The molecule has 1 atom stereocenters. The quantitative estimate of drug-likeness (QED) is 0.168. The van der Waals surface area contributed by atoms with Crippen molar-refractivity contribution in [2.24, 2.45) is 0 Å². The number of para-hydroxylation sites is 2. The van der Waals surface area contributed by atoms with Gasteiger partial charge in [-0.15, -0.1) is 17.0 Å². The van der Waals surface area contributed by atoms with Crippen LogP contribution < -0.4 is 5.32 Å². The van der Waals surface area contributed by atoms with Gasteiger partial charge in [0.25, 0.3) is 0 Å². The van der Waals surface area contributed by atoms with Gasteiger partial charge >= 0.3 is 0 Å². The van der Waals surface area contributed by atoms with Gasteiger partial charge in [-0.25, -0.2) is 9.97 Å². The average Bonchev–Trinajstić information content (AvgIpc) is 3.36. The van der Waals surface area contributed by atoms with Gasteiger partial charge in [0.1, 0.15) is 10.4 Å². The first-order valence-corrected chi connectivity index (χ1v) is 14.0. The van der Waals surface area contributed by atoms with E-state index >= 15 is 0 Å². The number of nitrogens with zero attached hydrogens (tertiary/aromatic N) is 4. The number of halogens is 2. The second-order valence-electron chi connectivity index (χ2n) is 9.93. The van der Waals surface area contributed by atoms with E-state index in [1.807, 2.05) is 30.5 Å². The molecule has 3 aromatic heterocycles. The highest BCUT2D eigenvalue weighted by Crippen LogP contribution is 2.34. The number of imidazole rings is 1. The van der Waals surface area contributed by atoms with Gasteiger partial charge in [0.05, 0.1) is 35.0 Å². The fourth-order valence-corrected chi connectivity index (χ4v) is 5.75. The van der Waals surface area contributed by atoms with Crippen molar-refractivity contribution in [1.82, 2.24) is 30.2 Å². The van der Waals surface area contributed by atoms with Gasteiger partial charge in [0.2, 0.25) is 0 Å². The first-order valence-electron chi connectivity index (χ1n) is 13.2. The summed E-state index contributed by atoms with van der Waals surface area (Å²) in [5.41, 5.74) is 8.27. The molecule has 1 unspecified atom stereocenters. The Morgan fingerprint density at radius 2 is 1.72 bits per heavy atom. The summed E-state index contributed by atoms with van der Waals surface area (Å²) in [7, 11) is 0. The first-order chi connectivity index (χ1) is 18.7. The molecule has 5 aromatic rings. The lowest BCUT2D eigenvalue weighted by atomic mass is 9.90. The summed E-state index contributed by atoms with van der Waals surface area (Å²) in [6.45, 7) is 3.13. The number of hydrogen-bond acceptors (Lipinski definition) is 5. The van der Waals surface area contributed by atoms with Gasteiger partial charge in [-0.1, -0.05) is 48.5 Å². The lowest BCUT2D eigenvalue weighted by molar-refractivity contribution is 0.153. The monoisotopic (exact) mass is 646 g/mol. The zero-order chi connectivity index (χ0) is 25.7. The van der Waals surface area contributed by atoms with Crippen molar-refractivity contribution >= 4 is 43.9 Å². The van der Waals surface area contributed by atoms with E-state index in [0.717, 1.165) is 66.2 Å². The molecular formula is C31H32Br2N6.